The van der Waals surface area contributed by atoms with Gasteiger partial charge in [-0.2, -0.15) is 0 Å². The first-order valence-electron chi connectivity index (χ1n) is 7.40. The summed E-state index contributed by atoms with van der Waals surface area (Å²) in [5.74, 6) is 0. The summed E-state index contributed by atoms with van der Waals surface area (Å²) < 4.78 is 0. The lowest BCUT2D eigenvalue weighted by atomic mass is 10.0. The molecular weight excluding hydrogens is 234 g/mol. The molecule has 19 heavy (non-hydrogen) atoms. The van der Waals surface area contributed by atoms with E-state index in [1.54, 1.807) is 0 Å². The van der Waals surface area contributed by atoms with Crippen molar-refractivity contribution < 1.29 is 0 Å². The zero-order valence-corrected chi connectivity index (χ0v) is 12.5. The lowest BCUT2D eigenvalue weighted by molar-refractivity contribution is 0.275. The van der Waals surface area contributed by atoms with E-state index in [0.29, 0.717) is 6.04 Å². The highest BCUT2D eigenvalue weighted by Crippen LogP contribution is 2.25. The van der Waals surface area contributed by atoms with Gasteiger partial charge in [0.1, 0.15) is 0 Å². The molecule has 3 nitrogen and oxygen atoms in total. The van der Waals surface area contributed by atoms with E-state index in [0.717, 1.165) is 32.5 Å². The van der Waals surface area contributed by atoms with Crippen LogP contribution < -0.4 is 10.6 Å². The van der Waals surface area contributed by atoms with Gasteiger partial charge in [0.15, 0.2) is 0 Å². The molecule has 0 aliphatic carbocycles. The third-order valence-electron chi connectivity index (χ3n) is 4.14. The smallest absolute Gasteiger partial charge is 0.0402 e. The molecule has 0 amide bonds. The summed E-state index contributed by atoms with van der Waals surface area (Å²) in [7, 11) is 2.20. The van der Waals surface area contributed by atoms with E-state index in [2.05, 4.69) is 55.0 Å². The van der Waals surface area contributed by atoms with E-state index in [1.807, 2.05) is 0 Å². The molecule has 3 heteroatoms. The predicted molar refractivity (Wildman–Crippen MR) is 82.7 cm³/mol. The van der Waals surface area contributed by atoms with Gasteiger partial charge in [-0.1, -0.05) is 25.1 Å². The zero-order valence-electron chi connectivity index (χ0n) is 12.5. The molecule has 106 valence electrons. The summed E-state index contributed by atoms with van der Waals surface area (Å²) in [5.41, 5.74) is 8.91. The molecule has 2 unspecified atom stereocenters. The largest absolute Gasteiger partial charge is 0.366 e. The lowest BCUT2D eigenvalue weighted by Crippen LogP contribution is -2.50. The van der Waals surface area contributed by atoms with Gasteiger partial charge in [0.25, 0.3) is 0 Å². The second-order valence-electron chi connectivity index (χ2n) is 5.81. The molecule has 1 aliphatic heterocycles. The number of hydrogen-bond acceptors (Lipinski definition) is 3. The number of likely N-dealkylation sites (N-methyl/N-ethyl adjacent to an activating group) is 1. The van der Waals surface area contributed by atoms with Crippen LogP contribution in [0.1, 0.15) is 25.8 Å². The average Bonchev–Trinajstić information content (AvgIpc) is 2.40. The van der Waals surface area contributed by atoms with E-state index in [4.69, 9.17) is 5.73 Å². The Hall–Kier alpha value is -1.06. The van der Waals surface area contributed by atoms with Crippen LogP contribution in [0.15, 0.2) is 24.3 Å². The van der Waals surface area contributed by atoms with E-state index >= 15 is 0 Å². The van der Waals surface area contributed by atoms with E-state index in [-0.39, 0.29) is 6.04 Å². The zero-order chi connectivity index (χ0) is 13.8. The Morgan fingerprint density at radius 2 is 2.05 bits per heavy atom. The topological polar surface area (TPSA) is 32.5 Å². The lowest BCUT2D eigenvalue weighted by Gasteiger charge is -2.40. The first kappa shape index (κ1) is 14.4. The number of nitrogens with two attached hydrogens (primary N) is 1. The van der Waals surface area contributed by atoms with Gasteiger partial charge in [-0.25, -0.2) is 0 Å². The van der Waals surface area contributed by atoms with Gasteiger partial charge >= 0.3 is 0 Å². The quantitative estimate of drug-likeness (QED) is 0.901. The Morgan fingerprint density at radius 3 is 2.74 bits per heavy atom. The summed E-state index contributed by atoms with van der Waals surface area (Å²) in [6.45, 7) is 7.85. The van der Waals surface area contributed by atoms with Crippen LogP contribution in [0, 0.1) is 0 Å². The minimum Gasteiger partial charge on any atom is -0.366 e. The van der Waals surface area contributed by atoms with Crippen LogP contribution in [0.25, 0.3) is 0 Å². The maximum absolute atomic E-state index is 6.13. The summed E-state index contributed by atoms with van der Waals surface area (Å²) in [4.78, 5) is 4.94. The summed E-state index contributed by atoms with van der Waals surface area (Å²) in [6, 6.07) is 9.58. The van der Waals surface area contributed by atoms with Crippen molar-refractivity contribution in [1.29, 1.82) is 0 Å². The predicted octanol–water partition coefficient (Wildman–Crippen LogP) is 2.11. The Bertz CT molecular complexity index is 405. The minimum absolute atomic E-state index is 0.268. The number of rotatable bonds is 4. The highest BCUT2D eigenvalue weighted by molar-refractivity contribution is 5.55. The van der Waals surface area contributed by atoms with Crippen LogP contribution >= 0.6 is 0 Å². The van der Waals surface area contributed by atoms with E-state index in [1.165, 1.54) is 11.3 Å². The maximum Gasteiger partial charge on any atom is 0.0402 e. The Balaban J connectivity index is 2.19. The van der Waals surface area contributed by atoms with E-state index in [9.17, 15) is 0 Å². The molecule has 1 heterocycles. The molecule has 1 saturated heterocycles. The highest BCUT2D eigenvalue weighted by Gasteiger charge is 2.23. The van der Waals surface area contributed by atoms with Crippen LogP contribution in [0.3, 0.4) is 0 Å². The molecule has 2 rings (SSSR count). The van der Waals surface area contributed by atoms with Crippen LogP contribution in [0.5, 0.6) is 0 Å². The summed E-state index contributed by atoms with van der Waals surface area (Å²) >= 11 is 0. The van der Waals surface area contributed by atoms with Gasteiger partial charge in [0.2, 0.25) is 0 Å². The molecule has 2 atom stereocenters. The molecule has 1 aromatic carbocycles. The van der Waals surface area contributed by atoms with Crippen molar-refractivity contribution >= 4 is 5.69 Å². The van der Waals surface area contributed by atoms with Gasteiger partial charge < -0.3 is 15.5 Å². The highest BCUT2D eigenvalue weighted by atomic mass is 15.3. The Kier molecular flexibility index (Phi) is 4.83. The first-order valence-corrected chi connectivity index (χ1v) is 7.40. The maximum atomic E-state index is 6.13. The number of para-hydroxylation sites is 1. The monoisotopic (exact) mass is 261 g/mol. The van der Waals surface area contributed by atoms with Crippen LogP contribution in [-0.4, -0.2) is 43.7 Å². The molecule has 2 N–H and O–H groups in total. The third kappa shape index (κ3) is 3.48. The standard InChI is InChI=1S/C16H27N3/c1-4-15(17)11-14-7-5-6-8-16(14)19-10-9-18(3)12-13(19)2/h5-8,13,15H,4,9-12,17H2,1-3H3. The molecular formula is C16H27N3. The SMILES string of the molecule is CCC(N)Cc1ccccc1N1CCN(C)CC1C. The summed E-state index contributed by atoms with van der Waals surface area (Å²) in [5, 5.41) is 0. The molecule has 0 saturated carbocycles. The van der Waals surface area contributed by atoms with Crippen molar-refractivity contribution in [3.63, 3.8) is 0 Å². The minimum atomic E-state index is 0.268. The molecule has 0 spiro atoms. The van der Waals surface area contributed by atoms with Crippen molar-refractivity contribution in [2.75, 3.05) is 31.6 Å². The van der Waals surface area contributed by atoms with Gasteiger partial charge in [-0.15, -0.1) is 0 Å². The average molecular weight is 261 g/mol. The Labute approximate surface area is 117 Å². The number of hydrogen-bond donors (Lipinski definition) is 1. The second-order valence-corrected chi connectivity index (χ2v) is 5.81. The van der Waals surface area contributed by atoms with Crippen molar-refractivity contribution in [1.82, 2.24) is 4.90 Å². The normalized spacial score (nSPS) is 22.5. The van der Waals surface area contributed by atoms with Crippen LogP contribution in [0.4, 0.5) is 5.69 Å². The fourth-order valence-corrected chi connectivity index (χ4v) is 2.89. The number of anilines is 1. The second kappa shape index (κ2) is 6.40. The van der Waals surface area contributed by atoms with Crippen LogP contribution in [0.2, 0.25) is 0 Å². The van der Waals surface area contributed by atoms with Gasteiger partial charge in [-0.05, 0) is 38.4 Å². The van der Waals surface area contributed by atoms with Crippen molar-refractivity contribution in [2.24, 2.45) is 5.73 Å². The van der Waals surface area contributed by atoms with Crippen molar-refractivity contribution in [3.05, 3.63) is 29.8 Å². The van der Waals surface area contributed by atoms with Crippen LogP contribution in [-0.2, 0) is 6.42 Å². The number of piperazine rings is 1. The molecule has 0 radical (unpaired) electrons. The molecule has 1 aromatic rings. The Morgan fingerprint density at radius 1 is 1.32 bits per heavy atom. The van der Waals surface area contributed by atoms with Crippen molar-refractivity contribution in [2.45, 2.75) is 38.8 Å². The fraction of sp³-hybridized carbons (Fsp3) is 0.625. The number of benzene rings is 1. The van der Waals surface area contributed by atoms with E-state index < -0.39 is 0 Å². The molecule has 1 fully saturated rings. The van der Waals surface area contributed by atoms with Gasteiger partial charge in [-0.3, -0.25) is 0 Å². The number of nitrogens with zero attached hydrogens (tertiary/aromatic N) is 2. The molecule has 0 aromatic heterocycles. The van der Waals surface area contributed by atoms with Crippen molar-refractivity contribution in [3.8, 4) is 0 Å². The summed E-state index contributed by atoms with van der Waals surface area (Å²) in [6.07, 6.45) is 2.01. The fourth-order valence-electron chi connectivity index (χ4n) is 2.89. The molecule has 1 aliphatic rings. The van der Waals surface area contributed by atoms with Gasteiger partial charge in [0.05, 0.1) is 0 Å². The third-order valence-corrected chi connectivity index (χ3v) is 4.14. The first-order chi connectivity index (χ1) is 9.11. The van der Waals surface area contributed by atoms with Gasteiger partial charge in [0, 0.05) is 37.4 Å². The molecule has 0 bridgehead atoms.